The van der Waals surface area contributed by atoms with Gasteiger partial charge in [-0.05, 0) is 5.56 Å². The smallest absolute Gasteiger partial charge is 0.315 e. The molecule has 10 heteroatoms. The van der Waals surface area contributed by atoms with Gasteiger partial charge in [0.1, 0.15) is 0 Å². The lowest BCUT2D eigenvalue weighted by molar-refractivity contribution is -0.384. The highest BCUT2D eigenvalue weighted by molar-refractivity contribution is 5.84. The Morgan fingerprint density at radius 2 is 1.83 bits per heavy atom. The standard InChI is InChI=1S/C14H18N4O6/c1-17(7-6-13(20)21)12(19)9-16-14(22)15-8-10-2-4-11(5-3-10)18(23)24/h2-5H,6-9H2,1H3,(H,20,21)(H2,15,16,22). The van der Waals surface area contributed by atoms with E-state index >= 15 is 0 Å². The van der Waals surface area contributed by atoms with Crippen molar-refractivity contribution in [2.75, 3.05) is 20.1 Å². The van der Waals surface area contributed by atoms with E-state index in [4.69, 9.17) is 5.11 Å². The number of carbonyl (C=O) groups is 3. The van der Waals surface area contributed by atoms with Gasteiger partial charge in [0.25, 0.3) is 5.69 Å². The number of urea groups is 1. The number of likely N-dealkylation sites (N-methyl/N-ethyl adjacent to an activating group) is 1. The van der Waals surface area contributed by atoms with E-state index in [0.717, 1.165) is 0 Å². The Morgan fingerprint density at radius 1 is 1.21 bits per heavy atom. The molecule has 1 aromatic rings. The van der Waals surface area contributed by atoms with Crippen molar-refractivity contribution in [2.45, 2.75) is 13.0 Å². The van der Waals surface area contributed by atoms with Gasteiger partial charge >= 0.3 is 12.0 Å². The first-order chi connectivity index (χ1) is 11.3. The Labute approximate surface area is 137 Å². The molecule has 1 rings (SSSR count). The monoisotopic (exact) mass is 338 g/mol. The number of amides is 3. The van der Waals surface area contributed by atoms with Crippen LogP contribution in [0.1, 0.15) is 12.0 Å². The van der Waals surface area contributed by atoms with Crippen LogP contribution in [0.5, 0.6) is 0 Å². The van der Waals surface area contributed by atoms with Gasteiger partial charge in [0.05, 0.1) is 17.9 Å². The van der Waals surface area contributed by atoms with Crippen molar-refractivity contribution in [3.63, 3.8) is 0 Å². The minimum Gasteiger partial charge on any atom is -0.481 e. The third kappa shape index (κ3) is 6.73. The van der Waals surface area contributed by atoms with E-state index < -0.39 is 22.8 Å². The molecule has 1 aromatic carbocycles. The van der Waals surface area contributed by atoms with Crippen molar-refractivity contribution in [3.05, 3.63) is 39.9 Å². The average Bonchev–Trinajstić information content (AvgIpc) is 2.55. The van der Waals surface area contributed by atoms with Crippen LogP contribution in [0.3, 0.4) is 0 Å². The second kappa shape index (κ2) is 9.08. The molecule has 0 unspecified atom stereocenters. The molecule has 0 aliphatic heterocycles. The van der Waals surface area contributed by atoms with E-state index in [2.05, 4.69) is 10.6 Å². The Hall–Kier alpha value is -3.17. The first kappa shape index (κ1) is 18.9. The normalized spacial score (nSPS) is 9.88. The Kier molecular flexibility index (Phi) is 7.14. The van der Waals surface area contributed by atoms with Crippen molar-refractivity contribution < 1.29 is 24.4 Å². The number of carboxylic acid groups (broad SMARTS) is 1. The Morgan fingerprint density at radius 3 is 2.38 bits per heavy atom. The molecule has 3 amide bonds. The summed E-state index contributed by atoms with van der Waals surface area (Å²) in [4.78, 5) is 44.9. The molecule has 3 N–H and O–H groups in total. The average molecular weight is 338 g/mol. The number of benzene rings is 1. The lowest BCUT2D eigenvalue weighted by Gasteiger charge is -2.16. The number of non-ortho nitro benzene ring substituents is 1. The Bertz CT molecular complexity index is 616. The fraction of sp³-hybridized carbons (Fsp3) is 0.357. The van der Waals surface area contributed by atoms with Crippen molar-refractivity contribution in [1.29, 1.82) is 0 Å². The van der Waals surface area contributed by atoms with E-state index in [0.29, 0.717) is 5.56 Å². The van der Waals surface area contributed by atoms with Crippen molar-refractivity contribution in [3.8, 4) is 0 Å². The molecule has 0 atom stereocenters. The summed E-state index contributed by atoms with van der Waals surface area (Å²) in [6.07, 6.45) is -0.172. The third-order valence-corrected chi connectivity index (χ3v) is 3.09. The van der Waals surface area contributed by atoms with Crippen LogP contribution in [0.4, 0.5) is 10.5 Å². The molecule has 10 nitrogen and oxygen atoms in total. The number of nitro benzene ring substituents is 1. The van der Waals surface area contributed by atoms with Crippen molar-refractivity contribution >= 4 is 23.6 Å². The summed E-state index contributed by atoms with van der Waals surface area (Å²) >= 11 is 0. The molecule has 0 spiro atoms. The molecule has 0 saturated heterocycles. The molecule has 0 aromatic heterocycles. The first-order valence-corrected chi connectivity index (χ1v) is 7.00. The topological polar surface area (TPSA) is 142 Å². The molecule has 0 bridgehead atoms. The van der Waals surface area contributed by atoms with Crippen LogP contribution in [0.2, 0.25) is 0 Å². The van der Waals surface area contributed by atoms with E-state index in [1.807, 2.05) is 0 Å². The molecular weight excluding hydrogens is 320 g/mol. The van der Waals surface area contributed by atoms with Gasteiger partial charge in [0.2, 0.25) is 5.91 Å². The first-order valence-electron chi connectivity index (χ1n) is 7.00. The summed E-state index contributed by atoms with van der Waals surface area (Å²) in [5, 5.41) is 23.9. The van der Waals surface area contributed by atoms with Gasteiger partial charge in [-0.1, -0.05) is 12.1 Å². The molecular formula is C14H18N4O6. The quantitative estimate of drug-likeness (QED) is 0.460. The summed E-state index contributed by atoms with van der Waals surface area (Å²) in [6.45, 7) is -0.0602. The van der Waals surface area contributed by atoms with Gasteiger partial charge in [-0.15, -0.1) is 0 Å². The number of hydrogen-bond donors (Lipinski definition) is 3. The maximum absolute atomic E-state index is 11.7. The van der Waals surface area contributed by atoms with Crippen molar-refractivity contribution in [2.24, 2.45) is 0 Å². The number of nitro groups is 1. The number of carbonyl (C=O) groups excluding carboxylic acids is 2. The van der Waals surface area contributed by atoms with Gasteiger partial charge in [-0.3, -0.25) is 19.7 Å². The second-order valence-corrected chi connectivity index (χ2v) is 4.92. The predicted octanol–water partition coefficient (Wildman–Crippen LogP) is 0.327. The maximum atomic E-state index is 11.7. The summed E-state index contributed by atoms with van der Waals surface area (Å²) in [5.41, 5.74) is 0.624. The summed E-state index contributed by atoms with van der Waals surface area (Å²) in [6, 6.07) is 5.12. The minimum absolute atomic E-state index is 0.0433. The zero-order valence-electron chi connectivity index (χ0n) is 13.0. The predicted molar refractivity (Wildman–Crippen MR) is 83.2 cm³/mol. The fourth-order valence-electron chi connectivity index (χ4n) is 1.66. The molecule has 130 valence electrons. The van der Waals surface area contributed by atoms with Crippen molar-refractivity contribution in [1.82, 2.24) is 15.5 Å². The van der Waals surface area contributed by atoms with Crippen LogP contribution in [-0.2, 0) is 16.1 Å². The summed E-state index contributed by atoms with van der Waals surface area (Å²) in [7, 11) is 1.45. The highest BCUT2D eigenvalue weighted by atomic mass is 16.6. The van der Waals surface area contributed by atoms with E-state index in [1.54, 1.807) is 0 Å². The largest absolute Gasteiger partial charge is 0.481 e. The number of aliphatic carboxylic acids is 1. The minimum atomic E-state index is -1.01. The van der Waals surface area contributed by atoms with E-state index in [-0.39, 0.29) is 31.7 Å². The molecule has 0 radical (unpaired) electrons. The fourth-order valence-corrected chi connectivity index (χ4v) is 1.66. The molecule has 0 aliphatic rings. The lowest BCUT2D eigenvalue weighted by atomic mass is 10.2. The molecule has 0 saturated carbocycles. The van der Waals surface area contributed by atoms with Crippen LogP contribution < -0.4 is 10.6 Å². The van der Waals surface area contributed by atoms with Gasteiger partial charge in [0, 0.05) is 32.3 Å². The van der Waals surface area contributed by atoms with Gasteiger partial charge in [0.15, 0.2) is 0 Å². The SMILES string of the molecule is CN(CCC(=O)O)C(=O)CNC(=O)NCc1ccc([N+](=O)[O-])cc1. The van der Waals surface area contributed by atoms with Gasteiger partial charge in [-0.2, -0.15) is 0 Å². The molecule has 0 fully saturated rings. The second-order valence-electron chi connectivity index (χ2n) is 4.92. The highest BCUT2D eigenvalue weighted by Gasteiger charge is 2.11. The Balaban J connectivity index is 2.32. The zero-order valence-corrected chi connectivity index (χ0v) is 13.0. The number of rotatable bonds is 8. The lowest BCUT2D eigenvalue weighted by Crippen LogP contribution is -2.42. The number of nitrogens with one attached hydrogen (secondary N) is 2. The number of nitrogens with zero attached hydrogens (tertiary/aromatic N) is 2. The summed E-state index contributed by atoms with van der Waals surface area (Å²) in [5.74, 6) is -1.43. The summed E-state index contributed by atoms with van der Waals surface area (Å²) < 4.78 is 0. The van der Waals surface area contributed by atoms with Crippen LogP contribution in [0, 0.1) is 10.1 Å². The highest BCUT2D eigenvalue weighted by Crippen LogP contribution is 2.11. The number of carboxylic acids is 1. The van der Waals surface area contributed by atoms with E-state index in [9.17, 15) is 24.5 Å². The van der Waals surface area contributed by atoms with Crippen LogP contribution in [0.15, 0.2) is 24.3 Å². The van der Waals surface area contributed by atoms with Crippen LogP contribution >= 0.6 is 0 Å². The van der Waals surface area contributed by atoms with E-state index in [1.165, 1.54) is 36.2 Å². The van der Waals surface area contributed by atoms with Crippen LogP contribution in [0.25, 0.3) is 0 Å². The number of hydrogen-bond acceptors (Lipinski definition) is 5. The van der Waals surface area contributed by atoms with Gasteiger partial charge in [-0.25, -0.2) is 4.79 Å². The zero-order chi connectivity index (χ0) is 18.1. The maximum Gasteiger partial charge on any atom is 0.315 e. The third-order valence-electron chi connectivity index (χ3n) is 3.09. The molecule has 0 aliphatic carbocycles. The molecule has 0 heterocycles. The molecule has 24 heavy (non-hydrogen) atoms. The van der Waals surface area contributed by atoms with Gasteiger partial charge < -0.3 is 20.6 Å². The van der Waals surface area contributed by atoms with Crippen LogP contribution in [-0.4, -0.2) is 53.0 Å².